The normalized spacial score (nSPS) is 10.3. The van der Waals surface area contributed by atoms with Crippen LogP contribution in [0.15, 0.2) is 30.6 Å². The third kappa shape index (κ3) is 3.07. The van der Waals surface area contributed by atoms with Gasteiger partial charge in [0.2, 0.25) is 0 Å². The SMILES string of the molecule is CCCNc1ncnc(-c2ccc(OC)cc2)c1CC. The van der Waals surface area contributed by atoms with Crippen LogP contribution in [0.3, 0.4) is 0 Å². The Kier molecular flexibility index (Phi) is 4.93. The fourth-order valence-corrected chi connectivity index (χ4v) is 2.14. The predicted octanol–water partition coefficient (Wildman–Crippen LogP) is 3.54. The highest BCUT2D eigenvalue weighted by Crippen LogP contribution is 2.27. The minimum absolute atomic E-state index is 0.852. The maximum absolute atomic E-state index is 5.19. The zero-order valence-corrected chi connectivity index (χ0v) is 12.3. The van der Waals surface area contributed by atoms with Crippen LogP contribution >= 0.6 is 0 Å². The standard InChI is InChI=1S/C16H21N3O/c1-4-10-17-16-14(5-2)15(18-11-19-16)12-6-8-13(20-3)9-7-12/h6-9,11H,4-5,10H2,1-3H3,(H,17,18,19). The molecule has 0 fully saturated rings. The summed E-state index contributed by atoms with van der Waals surface area (Å²) in [6, 6.07) is 7.97. The van der Waals surface area contributed by atoms with E-state index in [0.717, 1.165) is 47.8 Å². The highest BCUT2D eigenvalue weighted by Gasteiger charge is 2.11. The van der Waals surface area contributed by atoms with E-state index in [4.69, 9.17) is 4.74 Å². The van der Waals surface area contributed by atoms with E-state index in [1.165, 1.54) is 0 Å². The maximum Gasteiger partial charge on any atom is 0.133 e. The van der Waals surface area contributed by atoms with Crippen molar-refractivity contribution in [3.8, 4) is 17.0 Å². The van der Waals surface area contributed by atoms with Gasteiger partial charge in [-0.05, 0) is 37.1 Å². The minimum Gasteiger partial charge on any atom is -0.497 e. The number of nitrogens with zero attached hydrogens (tertiary/aromatic N) is 2. The zero-order valence-electron chi connectivity index (χ0n) is 12.3. The van der Waals surface area contributed by atoms with Crippen LogP contribution in [0.4, 0.5) is 5.82 Å². The Labute approximate surface area is 120 Å². The average Bonchev–Trinajstić information content (AvgIpc) is 2.52. The summed E-state index contributed by atoms with van der Waals surface area (Å²) in [7, 11) is 1.67. The molecule has 0 aliphatic carbocycles. The van der Waals surface area contributed by atoms with Crippen molar-refractivity contribution < 1.29 is 4.74 Å². The van der Waals surface area contributed by atoms with E-state index >= 15 is 0 Å². The largest absolute Gasteiger partial charge is 0.497 e. The molecule has 0 aliphatic rings. The van der Waals surface area contributed by atoms with E-state index < -0.39 is 0 Å². The third-order valence-electron chi connectivity index (χ3n) is 3.20. The molecule has 2 aromatic rings. The molecule has 0 saturated carbocycles. The lowest BCUT2D eigenvalue weighted by Gasteiger charge is -2.13. The first-order valence-corrected chi connectivity index (χ1v) is 7.02. The van der Waals surface area contributed by atoms with Crippen molar-refractivity contribution >= 4 is 5.82 Å². The van der Waals surface area contributed by atoms with Gasteiger partial charge in [-0.15, -0.1) is 0 Å². The van der Waals surface area contributed by atoms with Crippen LogP contribution in [-0.4, -0.2) is 23.6 Å². The zero-order chi connectivity index (χ0) is 14.4. The van der Waals surface area contributed by atoms with Gasteiger partial charge in [0.1, 0.15) is 17.9 Å². The highest BCUT2D eigenvalue weighted by atomic mass is 16.5. The van der Waals surface area contributed by atoms with E-state index in [9.17, 15) is 0 Å². The van der Waals surface area contributed by atoms with Crippen LogP contribution in [0.1, 0.15) is 25.8 Å². The molecular formula is C16H21N3O. The summed E-state index contributed by atoms with van der Waals surface area (Å²) in [4.78, 5) is 8.81. The molecule has 0 unspecified atom stereocenters. The number of hydrogen-bond donors (Lipinski definition) is 1. The van der Waals surface area contributed by atoms with Gasteiger partial charge >= 0.3 is 0 Å². The Morgan fingerprint density at radius 3 is 2.45 bits per heavy atom. The lowest BCUT2D eigenvalue weighted by atomic mass is 10.0. The molecule has 1 N–H and O–H groups in total. The summed E-state index contributed by atoms with van der Waals surface area (Å²) in [5.41, 5.74) is 3.24. The molecule has 1 heterocycles. The van der Waals surface area contributed by atoms with Crippen LogP contribution in [0.25, 0.3) is 11.3 Å². The molecule has 2 rings (SSSR count). The van der Waals surface area contributed by atoms with E-state index in [2.05, 4.69) is 29.1 Å². The summed E-state index contributed by atoms with van der Waals surface area (Å²) in [5, 5.41) is 3.37. The summed E-state index contributed by atoms with van der Waals surface area (Å²) in [5.74, 6) is 1.79. The first kappa shape index (κ1) is 14.3. The van der Waals surface area contributed by atoms with Gasteiger partial charge in [0, 0.05) is 17.7 Å². The Morgan fingerprint density at radius 1 is 1.10 bits per heavy atom. The molecule has 0 atom stereocenters. The lowest BCUT2D eigenvalue weighted by Crippen LogP contribution is -2.07. The number of ether oxygens (including phenoxy) is 1. The number of benzene rings is 1. The molecule has 4 nitrogen and oxygen atoms in total. The Balaban J connectivity index is 2.38. The summed E-state index contributed by atoms with van der Waals surface area (Å²) in [6.07, 6.45) is 3.59. The van der Waals surface area contributed by atoms with Crippen molar-refractivity contribution in [3.05, 3.63) is 36.2 Å². The molecular weight excluding hydrogens is 250 g/mol. The molecule has 0 radical (unpaired) electrons. The fourth-order valence-electron chi connectivity index (χ4n) is 2.14. The monoisotopic (exact) mass is 271 g/mol. The molecule has 0 spiro atoms. The third-order valence-corrected chi connectivity index (χ3v) is 3.20. The van der Waals surface area contributed by atoms with Gasteiger partial charge in [0.05, 0.1) is 12.8 Å². The van der Waals surface area contributed by atoms with Gasteiger partial charge in [0.25, 0.3) is 0 Å². The van der Waals surface area contributed by atoms with Crippen molar-refractivity contribution in [3.63, 3.8) is 0 Å². The summed E-state index contributed by atoms with van der Waals surface area (Å²) >= 11 is 0. The van der Waals surface area contributed by atoms with Gasteiger partial charge in [-0.3, -0.25) is 0 Å². The van der Waals surface area contributed by atoms with Crippen molar-refractivity contribution in [2.75, 3.05) is 19.0 Å². The topological polar surface area (TPSA) is 47.0 Å². The van der Waals surface area contributed by atoms with Gasteiger partial charge in [0.15, 0.2) is 0 Å². The first-order chi connectivity index (χ1) is 9.80. The number of methoxy groups -OCH3 is 1. The van der Waals surface area contributed by atoms with Crippen molar-refractivity contribution in [1.29, 1.82) is 0 Å². The Hall–Kier alpha value is -2.10. The van der Waals surface area contributed by atoms with Crippen LogP contribution in [0.2, 0.25) is 0 Å². The molecule has 0 amide bonds. The molecule has 1 aromatic heterocycles. The van der Waals surface area contributed by atoms with E-state index in [0.29, 0.717) is 0 Å². The van der Waals surface area contributed by atoms with E-state index in [1.807, 2.05) is 24.3 Å². The second kappa shape index (κ2) is 6.89. The molecule has 0 saturated heterocycles. The van der Waals surface area contributed by atoms with Crippen molar-refractivity contribution in [2.45, 2.75) is 26.7 Å². The summed E-state index contributed by atoms with van der Waals surface area (Å²) < 4.78 is 5.19. The number of nitrogens with one attached hydrogen (secondary N) is 1. The minimum atomic E-state index is 0.852. The van der Waals surface area contributed by atoms with Gasteiger partial charge in [-0.25, -0.2) is 9.97 Å². The summed E-state index contributed by atoms with van der Waals surface area (Å²) in [6.45, 7) is 5.19. The molecule has 0 bridgehead atoms. The molecule has 1 aromatic carbocycles. The number of aromatic nitrogens is 2. The predicted molar refractivity (Wildman–Crippen MR) is 82.2 cm³/mol. The highest BCUT2D eigenvalue weighted by molar-refractivity contribution is 5.68. The van der Waals surface area contributed by atoms with E-state index in [1.54, 1.807) is 13.4 Å². The first-order valence-electron chi connectivity index (χ1n) is 7.02. The smallest absolute Gasteiger partial charge is 0.133 e. The maximum atomic E-state index is 5.19. The second-order valence-corrected chi connectivity index (χ2v) is 4.56. The molecule has 106 valence electrons. The van der Waals surface area contributed by atoms with Crippen molar-refractivity contribution in [2.24, 2.45) is 0 Å². The number of hydrogen-bond acceptors (Lipinski definition) is 4. The number of anilines is 1. The Morgan fingerprint density at radius 2 is 1.85 bits per heavy atom. The van der Waals surface area contributed by atoms with Crippen LogP contribution in [0.5, 0.6) is 5.75 Å². The van der Waals surface area contributed by atoms with Gasteiger partial charge < -0.3 is 10.1 Å². The quantitative estimate of drug-likeness (QED) is 0.873. The second-order valence-electron chi connectivity index (χ2n) is 4.56. The molecule has 20 heavy (non-hydrogen) atoms. The Bertz CT molecular complexity index is 552. The number of rotatable bonds is 6. The molecule has 4 heteroatoms. The van der Waals surface area contributed by atoms with Gasteiger partial charge in [-0.2, -0.15) is 0 Å². The average molecular weight is 271 g/mol. The molecule has 0 aliphatic heterocycles. The lowest BCUT2D eigenvalue weighted by molar-refractivity contribution is 0.415. The van der Waals surface area contributed by atoms with Crippen LogP contribution < -0.4 is 10.1 Å². The van der Waals surface area contributed by atoms with Crippen molar-refractivity contribution in [1.82, 2.24) is 9.97 Å². The van der Waals surface area contributed by atoms with Crippen LogP contribution in [-0.2, 0) is 6.42 Å². The van der Waals surface area contributed by atoms with E-state index in [-0.39, 0.29) is 0 Å². The van der Waals surface area contributed by atoms with Crippen LogP contribution in [0, 0.1) is 0 Å². The van der Waals surface area contributed by atoms with Gasteiger partial charge in [-0.1, -0.05) is 13.8 Å². The fraction of sp³-hybridized carbons (Fsp3) is 0.375.